The number of benzene rings is 2. The van der Waals surface area contributed by atoms with Gasteiger partial charge in [0.1, 0.15) is 5.75 Å². The molecule has 0 saturated heterocycles. The van der Waals surface area contributed by atoms with Crippen LogP contribution in [0.2, 0.25) is 0 Å². The third-order valence-corrected chi connectivity index (χ3v) is 4.38. The van der Waals surface area contributed by atoms with Crippen LogP contribution in [-0.4, -0.2) is 35.0 Å². The maximum Gasteiger partial charge on any atom is 0.231 e. The molecule has 0 saturated carbocycles. The molecule has 0 bridgehead atoms. The Morgan fingerprint density at radius 2 is 1.82 bits per heavy atom. The largest absolute Gasteiger partial charge is 0.497 e. The number of aliphatic imine (C=N–C) groups is 1. The van der Waals surface area contributed by atoms with Crippen LogP contribution in [0.15, 0.2) is 53.5 Å². The van der Waals surface area contributed by atoms with E-state index in [1.165, 1.54) is 17.6 Å². The van der Waals surface area contributed by atoms with E-state index in [0.29, 0.717) is 11.4 Å². The van der Waals surface area contributed by atoms with Gasteiger partial charge in [0.2, 0.25) is 10.0 Å². The number of nitrogens with zero attached hydrogens (tertiary/aromatic N) is 2. The first-order chi connectivity index (χ1) is 10.4. The zero-order valence-electron chi connectivity index (χ0n) is 12.7. The SMILES string of the molecule is COc1ccc(C=Nc2cccc(N(C)S(C)(=O)=O)c2)cc1. The molecule has 0 aliphatic heterocycles. The fraction of sp³-hybridized carbons (Fsp3) is 0.188. The quantitative estimate of drug-likeness (QED) is 0.797. The Balaban J connectivity index is 2.21. The molecule has 0 heterocycles. The summed E-state index contributed by atoms with van der Waals surface area (Å²) in [6.45, 7) is 0. The van der Waals surface area contributed by atoms with Gasteiger partial charge in [0, 0.05) is 13.3 Å². The van der Waals surface area contributed by atoms with Crippen molar-refractivity contribution < 1.29 is 13.2 Å². The van der Waals surface area contributed by atoms with Gasteiger partial charge in [-0.05, 0) is 48.0 Å². The summed E-state index contributed by atoms with van der Waals surface area (Å²) in [7, 11) is -0.146. The highest BCUT2D eigenvalue weighted by Crippen LogP contribution is 2.22. The van der Waals surface area contributed by atoms with E-state index in [-0.39, 0.29) is 0 Å². The highest BCUT2D eigenvalue weighted by atomic mass is 32.2. The zero-order valence-corrected chi connectivity index (χ0v) is 13.5. The van der Waals surface area contributed by atoms with Crippen molar-refractivity contribution in [2.75, 3.05) is 24.7 Å². The summed E-state index contributed by atoms with van der Waals surface area (Å²) >= 11 is 0. The predicted octanol–water partition coefficient (Wildman–Crippen LogP) is 2.84. The first-order valence-corrected chi connectivity index (χ1v) is 8.47. The minimum atomic E-state index is -3.28. The highest BCUT2D eigenvalue weighted by molar-refractivity contribution is 7.92. The van der Waals surface area contributed by atoms with Crippen LogP contribution in [0.5, 0.6) is 5.75 Å². The number of anilines is 1. The summed E-state index contributed by atoms with van der Waals surface area (Å²) in [5.74, 6) is 0.786. The maximum atomic E-state index is 11.6. The third kappa shape index (κ3) is 4.08. The molecule has 22 heavy (non-hydrogen) atoms. The van der Waals surface area contributed by atoms with Crippen molar-refractivity contribution in [2.24, 2.45) is 4.99 Å². The van der Waals surface area contributed by atoms with E-state index in [1.54, 1.807) is 31.5 Å². The van der Waals surface area contributed by atoms with E-state index in [9.17, 15) is 8.42 Å². The van der Waals surface area contributed by atoms with Crippen molar-refractivity contribution in [1.29, 1.82) is 0 Å². The molecule has 2 aromatic carbocycles. The topological polar surface area (TPSA) is 59.0 Å². The molecule has 0 aliphatic carbocycles. The first kappa shape index (κ1) is 16.0. The lowest BCUT2D eigenvalue weighted by molar-refractivity contribution is 0.415. The average molecular weight is 318 g/mol. The van der Waals surface area contributed by atoms with Gasteiger partial charge in [0.05, 0.1) is 24.7 Å². The lowest BCUT2D eigenvalue weighted by Gasteiger charge is -2.16. The van der Waals surface area contributed by atoms with Crippen molar-refractivity contribution in [3.05, 3.63) is 54.1 Å². The normalized spacial score (nSPS) is 11.6. The predicted molar refractivity (Wildman–Crippen MR) is 89.9 cm³/mol. The summed E-state index contributed by atoms with van der Waals surface area (Å²) in [5, 5.41) is 0. The Labute approximate surface area is 130 Å². The van der Waals surface area contributed by atoms with Crippen LogP contribution in [-0.2, 0) is 10.0 Å². The van der Waals surface area contributed by atoms with Gasteiger partial charge in [0.15, 0.2) is 0 Å². The van der Waals surface area contributed by atoms with E-state index in [0.717, 1.165) is 11.3 Å². The molecular weight excluding hydrogens is 300 g/mol. The number of hydrogen-bond acceptors (Lipinski definition) is 4. The lowest BCUT2D eigenvalue weighted by atomic mass is 10.2. The van der Waals surface area contributed by atoms with Crippen molar-refractivity contribution in [1.82, 2.24) is 0 Å². The Bertz CT molecular complexity index is 768. The monoisotopic (exact) mass is 318 g/mol. The second-order valence-electron chi connectivity index (χ2n) is 4.78. The number of rotatable bonds is 5. The maximum absolute atomic E-state index is 11.6. The van der Waals surface area contributed by atoms with Crippen LogP contribution in [0.25, 0.3) is 0 Å². The summed E-state index contributed by atoms with van der Waals surface area (Å²) in [4.78, 5) is 4.37. The van der Waals surface area contributed by atoms with E-state index in [1.807, 2.05) is 30.3 Å². The molecule has 116 valence electrons. The second-order valence-corrected chi connectivity index (χ2v) is 6.80. The third-order valence-electron chi connectivity index (χ3n) is 3.17. The van der Waals surface area contributed by atoms with Crippen LogP contribution in [0, 0.1) is 0 Å². The van der Waals surface area contributed by atoms with E-state index >= 15 is 0 Å². The zero-order chi connectivity index (χ0) is 16.2. The van der Waals surface area contributed by atoms with E-state index in [2.05, 4.69) is 4.99 Å². The van der Waals surface area contributed by atoms with Crippen molar-refractivity contribution in [2.45, 2.75) is 0 Å². The Kier molecular flexibility index (Phi) is 4.82. The fourth-order valence-corrected chi connectivity index (χ4v) is 2.30. The fourth-order valence-electron chi connectivity index (χ4n) is 1.80. The van der Waals surface area contributed by atoms with Gasteiger partial charge in [-0.2, -0.15) is 0 Å². The summed E-state index contributed by atoms with van der Waals surface area (Å²) in [6, 6.07) is 14.6. The second kappa shape index (κ2) is 6.62. The molecule has 0 fully saturated rings. The van der Waals surface area contributed by atoms with Gasteiger partial charge in [0.25, 0.3) is 0 Å². The molecule has 0 amide bonds. The molecule has 0 atom stereocenters. The van der Waals surface area contributed by atoms with Gasteiger partial charge in [-0.1, -0.05) is 6.07 Å². The van der Waals surface area contributed by atoms with Crippen molar-refractivity contribution >= 4 is 27.6 Å². The number of hydrogen-bond donors (Lipinski definition) is 0. The van der Waals surface area contributed by atoms with Crippen LogP contribution in [0.3, 0.4) is 0 Å². The molecule has 0 spiro atoms. The van der Waals surface area contributed by atoms with Crippen LogP contribution < -0.4 is 9.04 Å². The molecule has 5 nitrogen and oxygen atoms in total. The molecular formula is C16H18N2O3S. The molecule has 2 aromatic rings. The van der Waals surface area contributed by atoms with Gasteiger partial charge in [-0.15, -0.1) is 0 Å². The molecule has 0 radical (unpaired) electrons. The molecule has 0 N–H and O–H groups in total. The number of methoxy groups -OCH3 is 1. The van der Waals surface area contributed by atoms with Gasteiger partial charge >= 0.3 is 0 Å². The van der Waals surface area contributed by atoms with Crippen LogP contribution in [0.1, 0.15) is 5.56 Å². The van der Waals surface area contributed by atoms with Crippen LogP contribution >= 0.6 is 0 Å². The summed E-state index contributed by atoms with van der Waals surface area (Å²) in [6.07, 6.45) is 2.89. The molecule has 6 heteroatoms. The van der Waals surface area contributed by atoms with E-state index in [4.69, 9.17) is 4.74 Å². The molecule has 0 aromatic heterocycles. The lowest BCUT2D eigenvalue weighted by Crippen LogP contribution is -2.24. The summed E-state index contributed by atoms with van der Waals surface area (Å²) < 4.78 is 29.4. The van der Waals surface area contributed by atoms with E-state index < -0.39 is 10.0 Å². The Morgan fingerprint density at radius 1 is 1.14 bits per heavy atom. The molecule has 0 aliphatic rings. The Morgan fingerprint density at radius 3 is 2.41 bits per heavy atom. The van der Waals surface area contributed by atoms with Gasteiger partial charge < -0.3 is 4.74 Å². The van der Waals surface area contributed by atoms with Crippen molar-refractivity contribution in [3.8, 4) is 5.75 Å². The first-order valence-electron chi connectivity index (χ1n) is 6.62. The number of ether oxygens (including phenoxy) is 1. The average Bonchev–Trinajstić information content (AvgIpc) is 2.52. The summed E-state index contributed by atoms with van der Waals surface area (Å²) in [5.41, 5.74) is 2.19. The highest BCUT2D eigenvalue weighted by Gasteiger charge is 2.11. The standard InChI is InChI=1S/C16H18N2O3S/c1-18(22(3,19)20)15-6-4-5-14(11-15)17-12-13-7-9-16(21-2)10-8-13/h4-12H,1-3H3. The minimum Gasteiger partial charge on any atom is -0.497 e. The van der Waals surface area contributed by atoms with Gasteiger partial charge in [-0.3, -0.25) is 9.30 Å². The van der Waals surface area contributed by atoms with Crippen molar-refractivity contribution in [3.63, 3.8) is 0 Å². The number of sulfonamides is 1. The molecule has 0 unspecified atom stereocenters. The Hall–Kier alpha value is -2.34. The van der Waals surface area contributed by atoms with Crippen LogP contribution in [0.4, 0.5) is 11.4 Å². The smallest absolute Gasteiger partial charge is 0.231 e. The van der Waals surface area contributed by atoms with Gasteiger partial charge in [-0.25, -0.2) is 8.42 Å². The minimum absolute atomic E-state index is 0.576. The molecule has 2 rings (SSSR count).